The Bertz CT molecular complexity index is 409. The SMILES string of the molecule is O=[N+]([O-])C1(Br)N=NCC1c1ccccc1. The fourth-order valence-electron chi connectivity index (χ4n) is 1.57. The highest BCUT2D eigenvalue weighted by atomic mass is 79.9. The van der Waals surface area contributed by atoms with E-state index in [9.17, 15) is 10.1 Å². The molecule has 2 atom stereocenters. The van der Waals surface area contributed by atoms with E-state index in [0.29, 0.717) is 6.54 Å². The van der Waals surface area contributed by atoms with Crippen molar-refractivity contribution in [3.8, 4) is 0 Å². The Labute approximate surface area is 94.5 Å². The van der Waals surface area contributed by atoms with Crippen molar-refractivity contribution < 1.29 is 4.92 Å². The Morgan fingerprint density at radius 2 is 2.13 bits per heavy atom. The van der Waals surface area contributed by atoms with Crippen LogP contribution in [0.15, 0.2) is 40.6 Å². The molecular formula is C9H8BrN3O2. The number of hydrogen-bond donors (Lipinski definition) is 0. The summed E-state index contributed by atoms with van der Waals surface area (Å²) in [5.41, 5.74) is 0.871. The molecule has 78 valence electrons. The van der Waals surface area contributed by atoms with Gasteiger partial charge in [-0.3, -0.25) is 10.1 Å². The Balaban J connectivity index is 2.36. The average molecular weight is 270 g/mol. The number of alkyl halides is 1. The Morgan fingerprint density at radius 1 is 1.47 bits per heavy atom. The van der Waals surface area contributed by atoms with Gasteiger partial charge in [-0.15, -0.1) is 5.11 Å². The molecule has 0 aromatic heterocycles. The van der Waals surface area contributed by atoms with E-state index in [1.807, 2.05) is 30.3 Å². The lowest BCUT2D eigenvalue weighted by molar-refractivity contribution is -0.536. The molecule has 2 unspecified atom stereocenters. The lowest BCUT2D eigenvalue weighted by Crippen LogP contribution is -2.34. The summed E-state index contributed by atoms with van der Waals surface area (Å²) < 4.78 is -1.49. The van der Waals surface area contributed by atoms with Gasteiger partial charge in [-0.05, 0) is 5.56 Å². The average Bonchev–Trinajstić information content (AvgIpc) is 2.63. The molecule has 1 aromatic rings. The number of rotatable bonds is 2. The topological polar surface area (TPSA) is 67.9 Å². The van der Waals surface area contributed by atoms with Crippen LogP contribution in [0.2, 0.25) is 0 Å². The number of hydrogen-bond acceptors (Lipinski definition) is 4. The minimum atomic E-state index is -1.49. The van der Waals surface area contributed by atoms with E-state index in [1.165, 1.54) is 0 Å². The maximum atomic E-state index is 10.9. The van der Waals surface area contributed by atoms with Crippen LogP contribution in [0, 0.1) is 10.1 Å². The minimum Gasteiger partial charge on any atom is -0.261 e. The van der Waals surface area contributed by atoms with E-state index in [1.54, 1.807) is 0 Å². The van der Waals surface area contributed by atoms with Crippen LogP contribution >= 0.6 is 15.9 Å². The molecule has 2 rings (SSSR count). The number of nitro groups is 1. The molecule has 1 aromatic carbocycles. The molecule has 5 nitrogen and oxygen atoms in total. The second kappa shape index (κ2) is 3.69. The third-order valence-electron chi connectivity index (χ3n) is 2.38. The van der Waals surface area contributed by atoms with Crippen LogP contribution in [0.1, 0.15) is 11.5 Å². The Morgan fingerprint density at radius 3 is 2.73 bits per heavy atom. The van der Waals surface area contributed by atoms with Crippen molar-refractivity contribution in [1.82, 2.24) is 0 Å². The highest BCUT2D eigenvalue weighted by Crippen LogP contribution is 2.42. The summed E-state index contributed by atoms with van der Waals surface area (Å²) in [6.07, 6.45) is 0. The molecular weight excluding hydrogens is 262 g/mol. The van der Waals surface area contributed by atoms with E-state index in [0.717, 1.165) is 5.56 Å². The number of benzene rings is 1. The largest absolute Gasteiger partial charge is 0.392 e. The van der Waals surface area contributed by atoms with Crippen molar-refractivity contribution in [3.05, 3.63) is 46.0 Å². The van der Waals surface area contributed by atoms with E-state index in [-0.39, 0.29) is 5.92 Å². The van der Waals surface area contributed by atoms with Crippen LogP contribution in [-0.4, -0.2) is 16.0 Å². The van der Waals surface area contributed by atoms with Gasteiger partial charge in [0, 0.05) is 15.9 Å². The van der Waals surface area contributed by atoms with E-state index in [4.69, 9.17) is 0 Å². The molecule has 0 amide bonds. The lowest BCUT2D eigenvalue weighted by Gasteiger charge is -2.17. The lowest BCUT2D eigenvalue weighted by atomic mass is 9.97. The van der Waals surface area contributed by atoms with Crippen LogP contribution in [0.4, 0.5) is 0 Å². The molecule has 0 saturated heterocycles. The quantitative estimate of drug-likeness (QED) is 0.358. The summed E-state index contributed by atoms with van der Waals surface area (Å²) in [6, 6.07) is 9.26. The molecule has 0 radical (unpaired) electrons. The van der Waals surface area contributed by atoms with Crippen molar-refractivity contribution in [2.45, 2.75) is 10.5 Å². The second-order valence-corrected chi connectivity index (χ2v) is 4.45. The van der Waals surface area contributed by atoms with Gasteiger partial charge in [0.05, 0.1) is 11.5 Å². The summed E-state index contributed by atoms with van der Waals surface area (Å²) in [7, 11) is 0. The summed E-state index contributed by atoms with van der Waals surface area (Å²) in [5.74, 6) is -0.339. The number of nitrogens with zero attached hydrogens (tertiary/aromatic N) is 3. The van der Waals surface area contributed by atoms with Crippen LogP contribution in [0.5, 0.6) is 0 Å². The van der Waals surface area contributed by atoms with Crippen LogP contribution in [-0.2, 0) is 0 Å². The maximum Gasteiger partial charge on any atom is 0.392 e. The molecule has 6 heteroatoms. The second-order valence-electron chi connectivity index (χ2n) is 3.28. The molecule has 0 N–H and O–H groups in total. The first-order valence-electron chi connectivity index (χ1n) is 4.41. The third kappa shape index (κ3) is 1.65. The van der Waals surface area contributed by atoms with Crippen molar-refractivity contribution in [2.24, 2.45) is 10.2 Å². The first-order chi connectivity index (χ1) is 7.14. The normalized spacial score (nSPS) is 29.3. The van der Waals surface area contributed by atoms with Crippen molar-refractivity contribution in [2.75, 3.05) is 6.54 Å². The minimum absolute atomic E-state index is 0.339. The summed E-state index contributed by atoms with van der Waals surface area (Å²) in [4.78, 5) is 10.5. The maximum absolute atomic E-state index is 10.9. The Hall–Kier alpha value is -1.30. The summed E-state index contributed by atoms with van der Waals surface area (Å²) in [6.45, 7) is 0.343. The first kappa shape index (κ1) is 10.2. The number of halogens is 1. The van der Waals surface area contributed by atoms with Gasteiger partial charge in [0.15, 0.2) is 0 Å². The molecule has 1 aliphatic heterocycles. The predicted molar refractivity (Wildman–Crippen MR) is 57.6 cm³/mol. The smallest absolute Gasteiger partial charge is 0.261 e. The van der Waals surface area contributed by atoms with Gasteiger partial charge in [0.1, 0.15) is 5.92 Å². The molecule has 0 saturated carbocycles. The molecule has 0 fully saturated rings. The van der Waals surface area contributed by atoms with Gasteiger partial charge in [0.2, 0.25) is 0 Å². The van der Waals surface area contributed by atoms with Gasteiger partial charge in [-0.2, -0.15) is 5.11 Å². The first-order valence-corrected chi connectivity index (χ1v) is 5.21. The fraction of sp³-hybridized carbons (Fsp3) is 0.333. The standard InChI is InChI=1S/C9H8BrN3O2/c10-9(13(14)15)8(6-11-12-9)7-4-2-1-3-5-7/h1-5,8H,6H2. The van der Waals surface area contributed by atoms with Gasteiger partial charge in [-0.25, -0.2) is 0 Å². The monoisotopic (exact) mass is 269 g/mol. The van der Waals surface area contributed by atoms with E-state index in [2.05, 4.69) is 26.2 Å². The fourth-order valence-corrected chi connectivity index (χ4v) is 2.10. The van der Waals surface area contributed by atoms with Gasteiger partial charge in [0.25, 0.3) is 0 Å². The van der Waals surface area contributed by atoms with Gasteiger partial charge < -0.3 is 0 Å². The van der Waals surface area contributed by atoms with Gasteiger partial charge >= 0.3 is 4.57 Å². The molecule has 1 aliphatic rings. The molecule has 1 heterocycles. The van der Waals surface area contributed by atoms with Crippen molar-refractivity contribution >= 4 is 15.9 Å². The van der Waals surface area contributed by atoms with Gasteiger partial charge in [-0.1, -0.05) is 30.3 Å². The molecule has 15 heavy (non-hydrogen) atoms. The van der Waals surface area contributed by atoms with Crippen LogP contribution in [0.3, 0.4) is 0 Å². The summed E-state index contributed by atoms with van der Waals surface area (Å²) in [5, 5.41) is 18.3. The van der Waals surface area contributed by atoms with Crippen molar-refractivity contribution in [1.29, 1.82) is 0 Å². The zero-order valence-corrected chi connectivity index (χ0v) is 9.29. The zero-order chi connectivity index (χ0) is 10.9. The summed E-state index contributed by atoms with van der Waals surface area (Å²) >= 11 is 3.05. The van der Waals surface area contributed by atoms with Crippen molar-refractivity contribution in [3.63, 3.8) is 0 Å². The molecule has 0 aliphatic carbocycles. The predicted octanol–water partition coefficient (Wildman–Crippen LogP) is 2.56. The van der Waals surface area contributed by atoms with E-state index < -0.39 is 9.50 Å². The Kier molecular flexibility index (Phi) is 2.52. The molecule has 0 bridgehead atoms. The van der Waals surface area contributed by atoms with E-state index >= 15 is 0 Å². The highest BCUT2D eigenvalue weighted by molar-refractivity contribution is 9.10. The van der Waals surface area contributed by atoms with Crippen LogP contribution in [0.25, 0.3) is 0 Å². The molecule has 0 spiro atoms. The highest BCUT2D eigenvalue weighted by Gasteiger charge is 2.52. The number of azo groups is 1. The van der Waals surface area contributed by atoms with Crippen LogP contribution < -0.4 is 0 Å². The third-order valence-corrected chi connectivity index (χ3v) is 3.38. The zero-order valence-electron chi connectivity index (χ0n) is 7.71.